The molecule has 0 aliphatic carbocycles. The van der Waals surface area contributed by atoms with E-state index in [0.29, 0.717) is 28.8 Å². The zero-order valence-corrected chi connectivity index (χ0v) is 20.3. The van der Waals surface area contributed by atoms with Crippen LogP contribution in [-0.4, -0.2) is 27.7 Å². The molecule has 1 aliphatic rings. The first-order valence-corrected chi connectivity index (χ1v) is 12.3. The molecule has 0 saturated carbocycles. The van der Waals surface area contributed by atoms with Gasteiger partial charge in [0.05, 0.1) is 21.2 Å². The van der Waals surface area contributed by atoms with Gasteiger partial charge < -0.3 is 4.74 Å². The van der Waals surface area contributed by atoms with Crippen molar-refractivity contribution in [1.82, 2.24) is 5.43 Å². The molecule has 1 heterocycles. The fourth-order valence-corrected chi connectivity index (χ4v) is 6.48. The summed E-state index contributed by atoms with van der Waals surface area (Å²) in [5, 5.41) is 5.22. The van der Waals surface area contributed by atoms with Crippen molar-refractivity contribution < 1.29 is 9.53 Å². The van der Waals surface area contributed by atoms with Gasteiger partial charge in [0.2, 0.25) is 5.91 Å². The van der Waals surface area contributed by atoms with Crippen LogP contribution in [-0.2, 0) is 11.4 Å². The zero-order chi connectivity index (χ0) is 20.9. The molecule has 1 N–H and O–H groups in total. The first-order chi connectivity index (χ1) is 13.8. The Labute approximate surface area is 197 Å². The number of carbonyl (C=O) groups excluding carboxylic acids is 1. The molecule has 0 unspecified atom stereocenters. The lowest BCUT2D eigenvalue weighted by molar-refractivity contribution is -0.121. The summed E-state index contributed by atoms with van der Waals surface area (Å²) in [6.45, 7) is 2.43. The van der Waals surface area contributed by atoms with E-state index in [1.165, 1.54) is 0 Å². The van der Waals surface area contributed by atoms with Crippen molar-refractivity contribution in [2.75, 3.05) is 11.5 Å². The van der Waals surface area contributed by atoms with Crippen LogP contribution in [0.25, 0.3) is 0 Å². The SMILES string of the molecule is CC1(CC(=O)N/N=C\c2ccc(OCc3ccc(Cl)cc3Cl)c(Br)c2)SCCS1. The fourth-order valence-electron chi connectivity index (χ4n) is 2.68. The van der Waals surface area contributed by atoms with Gasteiger partial charge in [-0.05, 0) is 58.7 Å². The van der Waals surface area contributed by atoms with E-state index in [9.17, 15) is 4.79 Å². The molecular weight excluding hydrogens is 515 g/mol. The Balaban J connectivity index is 1.53. The number of hydrogen-bond acceptors (Lipinski definition) is 5. The smallest absolute Gasteiger partial charge is 0.242 e. The Morgan fingerprint density at radius 2 is 2.03 bits per heavy atom. The molecule has 0 atom stereocenters. The minimum absolute atomic E-state index is 0.0470. The molecule has 3 rings (SSSR count). The second kappa shape index (κ2) is 10.4. The van der Waals surface area contributed by atoms with Crippen LogP contribution in [0.5, 0.6) is 5.75 Å². The van der Waals surface area contributed by atoms with Crippen LogP contribution in [0.2, 0.25) is 10.0 Å². The molecule has 29 heavy (non-hydrogen) atoms. The van der Waals surface area contributed by atoms with Gasteiger partial charge in [-0.2, -0.15) is 5.10 Å². The summed E-state index contributed by atoms with van der Waals surface area (Å²) < 4.78 is 6.57. The first kappa shape index (κ1) is 22.8. The van der Waals surface area contributed by atoms with Crippen molar-refractivity contribution in [3.8, 4) is 5.75 Å². The van der Waals surface area contributed by atoms with Gasteiger partial charge in [-0.25, -0.2) is 5.43 Å². The number of carbonyl (C=O) groups is 1. The lowest BCUT2D eigenvalue weighted by Crippen LogP contribution is -2.26. The Morgan fingerprint density at radius 3 is 2.72 bits per heavy atom. The minimum atomic E-state index is -0.0792. The highest BCUT2D eigenvalue weighted by molar-refractivity contribution is 9.10. The summed E-state index contributed by atoms with van der Waals surface area (Å²) >= 11 is 19.2. The van der Waals surface area contributed by atoms with Crippen LogP contribution in [0.1, 0.15) is 24.5 Å². The van der Waals surface area contributed by atoms with Crippen molar-refractivity contribution in [2.24, 2.45) is 5.10 Å². The molecule has 0 bridgehead atoms. The minimum Gasteiger partial charge on any atom is -0.488 e. The number of rotatable bonds is 7. The molecule has 4 nitrogen and oxygen atoms in total. The summed E-state index contributed by atoms with van der Waals surface area (Å²) in [5.74, 6) is 2.78. The van der Waals surface area contributed by atoms with Gasteiger partial charge in [0, 0.05) is 27.1 Å². The second-order valence-electron chi connectivity index (χ2n) is 6.51. The van der Waals surface area contributed by atoms with Crippen LogP contribution in [0, 0.1) is 0 Å². The largest absolute Gasteiger partial charge is 0.488 e. The van der Waals surface area contributed by atoms with E-state index in [0.717, 1.165) is 27.1 Å². The van der Waals surface area contributed by atoms with Gasteiger partial charge in [0.25, 0.3) is 0 Å². The van der Waals surface area contributed by atoms with Crippen molar-refractivity contribution in [3.05, 3.63) is 62.0 Å². The maximum Gasteiger partial charge on any atom is 0.242 e. The maximum absolute atomic E-state index is 12.1. The summed E-state index contributed by atoms with van der Waals surface area (Å²) in [6, 6.07) is 10.9. The standard InChI is InChI=1S/C20H19BrCl2N2O2S2/c1-20(28-6-7-29-20)10-19(26)25-24-11-13-2-5-18(16(21)8-13)27-12-14-3-4-15(22)9-17(14)23/h2-5,8-9,11H,6-7,10,12H2,1H3,(H,25,26)/b24-11-. The highest BCUT2D eigenvalue weighted by atomic mass is 79.9. The van der Waals surface area contributed by atoms with E-state index in [1.54, 1.807) is 18.3 Å². The highest BCUT2D eigenvalue weighted by Gasteiger charge is 2.32. The number of hydrogen-bond donors (Lipinski definition) is 1. The van der Waals surface area contributed by atoms with Crippen LogP contribution < -0.4 is 10.2 Å². The van der Waals surface area contributed by atoms with Crippen molar-refractivity contribution in [2.45, 2.75) is 24.0 Å². The number of nitrogens with zero attached hydrogens (tertiary/aromatic N) is 1. The quantitative estimate of drug-likeness (QED) is 0.332. The number of thioether (sulfide) groups is 2. The van der Waals surface area contributed by atoms with E-state index in [-0.39, 0.29) is 9.99 Å². The molecule has 1 amide bonds. The molecule has 0 spiro atoms. The molecule has 2 aromatic carbocycles. The van der Waals surface area contributed by atoms with Crippen LogP contribution >= 0.6 is 62.7 Å². The predicted octanol–water partition coefficient (Wildman–Crippen LogP) is 6.37. The summed E-state index contributed by atoms with van der Waals surface area (Å²) in [4.78, 5) is 12.1. The number of nitrogens with one attached hydrogen (secondary N) is 1. The van der Waals surface area contributed by atoms with Crippen molar-refractivity contribution >= 4 is 74.8 Å². The monoisotopic (exact) mass is 532 g/mol. The molecule has 154 valence electrons. The topological polar surface area (TPSA) is 50.7 Å². The highest BCUT2D eigenvalue weighted by Crippen LogP contribution is 2.45. The Kier molecular flexibility index (Phi) is 8.22. The third kappa shape index (κ3) is 6.82. The van der Waals surface area contributed by atoms with E-state index >= 15 is 0 Å². The molecular formula is C20H19BrCl2N2O2S2. The molecule has 9 heteroatoms. The second-order valence-corrected chi connectivity index (χ2v) is 11.7. The van der Waals surface area contributed by atoms with E-state index in [2.05, 4.69) is 33.4 Å². The zero-order valence-electron chi connectivity index (χ0n) is 15.6. The normalized spacial score (nSPS) is 15.6. The number of halogens is 3. The van der Waals surface area contributed by atoms with E-state index in [1.807, 2.05) is 47.8 Å². The third-order valence-electron chi connectivity index (χ3n) is 4.14. The molecule has 2 aromatic rings. The van der Waals surface area contributed by atoms with Gasteiger partial charge >= 0.3 is 0 Å². The lowest BCUT2D eigenvalue weighted by atomic mass is 10.2. The summed E-state index contributed by atoms with van der Waals surface area (Å²) in [5.41, 5.74) is 4.29. The van der Waals surface area contributed by atoms with Gasteiger partial charge in [0.15, 0.2) is 0 Å². The number of ether oxygens (including phenoxy) is 1. The average molecular weight is 534 g/mol. The van der Waals surface area contributed by atoms with Gasteiger partial charge in [-0.15, -0.1) is 23.5 Å². The van der Waals surface area contributed by atoms with Gasteiger partial charge in [-0.3, -0.25) is 4.79 Å². The average Bonchev–Trinajstić information content (AvgIpc) is 3.08. The fraction of sp³-hybridized carbons (Fsp3) is 0.300. The first-order valence-electron chi connectivity index (χ1n) is 8.81. The van der Waals surface area contributed by atoms with Gasteiger partial charge in [0.1, 0.15) is 12.4 Å². The maximum atomic E-state index is 12.1. The third-order valence-corrected chi connectivity index (χ3v) is 8.64. The molecule has 1 aliphatic heterocycles. The number of benzene rings is 2. The predicted molar refractivity (Wildman–Crippen MR) is 129 cm³/mol. The Bertz CT molecular complexity index is 921. The molecule has 0 radical (unpaired) electrons. The lowest BCUT2D eigenvalue weighted by Gasteiger charge is -2.19. The van der Waals surface area contributed by atoms with Gasteiger partial charge in [-0.1, -0.05) is 29.3 Å². The van der Waals surface area contributed by atoms with Crippen molar-refractivity contribution in [3.63, 3.8) is 0 Å². The van der Waals surface area contributed by atoms with E-state index < -0.39 is 0 Å². The molecule has 0 aromatic heterocycles. The number of hydrazone groups is 1. The summed E-state index contributed by atoms with van der Waals surface area (Å²) in [6.07, 6.45) is 2.06. The summed E-state index contributed by atoms with van der Waals surface area (Å²) in [7, 11) is 0. The molecule has 1 saturated heterocycles. The number of amides is 1. The Hall–Kier alpha value is -0.860. The Morgan fingerprint density at radius 1 is 1.28 bits per heavy atom. The van der Waals surface area contributed by atoms with Crippen LogP contribution in [0.4, 0.5) is 0 Å². The van der Waals surface area contributed by atoms with Crippen LogP contribution in [0.15, 0.2) is 46.0 Å². The van der Waals surface area contributed by atoms with Crippen LogP contribution in [0.3, 0.4) is 0 Å². The van der Waals surface area contributed by atoms with Crippen molar-refractivity contribution in [1.29, 1.82) is 0 Å². The molecule has 1 fully saturated rings. The van der Waals surface area contributed by atoms with E-state index in [4.69, 9.17) is 27.9 Å².